The highest BCUT2D eigenvalue weighted by molar-refractivity contribution is 6.10. The fraction of sp³-hybridized carbons (Fsp3) is 0. The highest BCUT2D eigenvalue weighted by atomic mass is 16.6. The van der Waals surface area contributed by atoms with E-state index in [1.165, 1.54) is 30.3 Å². The first-order valence-corrected chi connectivity index (χ1v) is 5.75. The molecule has 0 heterocycles. The van der Waals surface area contributed by atoms with E-state index in [2.05, 4.69) is 0 Å². The fourth-order valence-electron chi connectivity index (χ4n) is 1.75. The van der Waals surface area contributed by atoms with Gasteiger partial charge in [-0.3, -0.25) is 14.9 Å². The Labute approximate surface area is 118 Å². The predicted octanol–water partition coefficient (Wildman–Crippen LogP) is 2.23. The van der Waals surface area contributed by atoms with Crippen LogP contribution in [-0.2, 0) is 0 Å². The molecule has 2 rings (SSSR count). The van der Waals surface area contributed by atoms with Crippen molar-refractivity contribution in [2.45, 2.75) is 0 Å². The lowest BCUT2D eigenvalue weighted by molar-refractivity contribution is -0.384. The van der Waals surface area contributed by atoms with Crippen LogP contribution < -0.4 is 0 Å². The van der Waals surface area contributed by atoms with Crippen molar-refractivity contribution in [2.24, 2.45) is 0 Å². The second kappa shape index (κ2) is 5.41. The first-order chi connectivity index (χ1) is 9.90. The Morgan fingerprint density at radius 3 is 2.10 bits per heavy atom. The Hall–Kier alpha value is -3.22. The number of non-ortho nitro benzene ring substituents is 1. The summed E-state index contributed by atoms with van der Waals surface area (Å²) in [6.45, 7) is 0. The molecular formula is C14H9NO6. The summed E-state index contributed by atoms with van der Waals surface area (Å²) in [5.41, 5.74) is -0.284. The van der Waals surface area contributed by atoms with Gasteiger partial charge in [0.05, 0.1) is 4.92 Å². The Morgan fingerprint density at radius 1 is 1.00 bits per heavy atom. The highest BCUT2D eigenvalue weighted by Gasteiger charge is 2.16. The summed E-state index contributed by atoms with van der Waals surface area (Å²) in [7, 11) is 0. The van der Waals surface area contributed by atoms with Gasteiger partial charge in [-0.1, -0.05) is 0 Å². The molecule has 7 nitrogen and oxygen atoms in total. The Morgan fingerprint density at radius 2 is 1.57 bits per heavy atom. The van der Waals surface area contributed by atoms with Crippen molar-refractivity contribution in [3.05, 3.63) is 69.3 Å². The number of nitro benzene ring substituents is 1. The van der Waals surface area contributed by atoms with Crippen LogP contribution in [0.15, 0.2) is 42.5 Å². The smallest absolute Gasteiger partial charge is 0.339 e. The van der Waals surface area contributed by atoms with Gasteiger partial charge in [-0.05, 0) is 30.3 Å². The van der Waals surface area contributed by atoms with Gasteiger partial charge >= 0.3 is 5.97 Å². The van der Waals surface area contributed by atoms with E-state index in [1.54, 1.807) is 0 Å². The number of aromatic carboxylic acids is 1. The average molecular weight is 287 g/mol. The summed E-state index contributed by atoms with van der Waals surface area (Å²) >= 11 is 0. The molecular weight excluding hydrogens is 278 g/mol. The van der Waals surface area contributed by atoms with Crippen LogP contribution in [0, 0.1) is 10.1 Å². The third-order valence-electron chi connectivity index (χ3n) is 2.83. The number of hydrogen-bond acceptors (Lipinski definition) is 5. The standard InChI is InChI=1S/C14H9NO6/c16-12-6-3-9(7-11(12)14(18)19)13(17)8-1-4-10(5-2-8)15(20)21/h1-7,16H,(H,18,19). The highest BCUT2D eigenvalue weighted by Crippen LogP contribution is 2.21. The second-order valence-corrected chi connectivity index (χ2v) is 4.17. The molecule has 0 atom stereocenters. The minimum absolute atomic E-state index is 0.0686. The Bertz CT molecular complexity index is 736. The molecule has 2 N–H and O–H groups in total. The van der Waals surface area contributed by atoms with Crippen molar-refractivity contribution in [3.63, 3.8) is 0 Å². The molecule has 0 aliphatic heterocycles. The van der Waals surface area contributed by atoms with Crippen LogP contribution in [0.4, 0.5) is 5.69 Å². The average Bonchev–Trinajstić information content (AvgIpc) is 2.46. The summed E-state index contributed by atoms with van der Waals surface area (Å²) < 4.78 is 0. The molecule has 2 aromatic rings. The van der Waals surface area contributed by atoms with Gasteiger partial charge in [-0.15, -0.1) is 0 Å². The van der Waals surface area contributed by atoms with Crippen molar-refractivity contribution in [3.8, 4) is 5.75 Å². The van der Waals surface area contributed by atoms with E-state index in [0.29, 0.717) is 0 Å². The maximum Gasteiger partial charge on any atom is 0.339 e. The molecule has 0 saturated heterocycles. The number of nitrogens with zero attached hydrogens (tertiary/aromatic N) is 1. The van der Waals surface area contributed by atoms with Gasteiger partial charge in [0.1, 0.15) is 11.3 Å². The molecule has 0 fully saturated rings. The molecule has 0 aliphatic carbocycles. The molecule has 0 bridgehead atoms. The zero-order chi connectivity index (χ0) is 15.6. The van der Waals surface area contributed by atoms with E-state index in [-0.39, 0.29) is 22.4 Å². The number of nitro groups is 1. The van der Waals surface area contributed by atoms with E-state index in [0.717, 1.165) is 12.1 Å². The Kier molecular flexibility index (Phi) is 3.66. The van der Waals surface area contributed by atoms with Crippen LogP contribution in [-0.4, -0.2) is 26.9 Å². The normalized spacial score (nSPS) is 10.1. The summed E-state index contributed by atoms with van der Waals surface area (Å²) in [5, 5.41) is 28.8. The van der Waals surface area contributed by atoms with E-state index in [1.807, 2.05) is 0 Å². The lowest BCUT2D eigenvalue weighted by Gasteiger charge is -2.04. The molecule has 0 unspecified atom stereocenters. The minimum Gasteiger partial charge on any atom is -0.507 e. The van der Waals surface area contributed by atoms with Crippen LogP contribution in [0.3, 0.4) is 0 Å². The number of hydrogen-bond donors (Lipinski definition) is 2. The van der Waals surface area contributed by atoms with Crippen molar-refractivity contribution >= 4 is 17.4 Å². The van der Waals surface area contributed by atoms with Crippen molar-refractivity contribution in [1.29, 1.82) is 0 Å². The summed E-state index contributed by atoms with van der Waals surface area (Å²) in [6.07, 6.45) is 0. The number of carboxylic acids is 1. The van der Waals surface area contributed by atoms with Crippen LogP contribution >= 0.6 is 0 Å². The number of aromatic hydroxyl groups is 1. The number of phenols is 1. The lowest BCUT2D eigenvalue weighted by atomic mass is 10.0. The number of benzene rings is 2. The monoisotopic (exact) mass is 287 g/mol. The first-order valence-electron chi connectivity index (χ1n) is 5.75. The zero-order valence-corrected chi connectivity index (χ0v) is 10.5. The summed E-state index contributed by atoms with van der Waals surface area (Å²) in [5.74, 6) is -2.29. The molecule has 0 aromatic heterocycles. The Balaban J connectivity index is 2.38. The molecule has 21 heavy (non-hydrogen) atoms. The third kappa shape index (κ3) is 2.86. The molecule has 2 aromatic carbocycles. The summed E-state index contributed by atoms with van der Waals surface area (Å²) in [4.78, 5) is 33.0. The van der Waals surface area contributed by atoms with E-state index < -0.39 is 22.4 Å². The van der Waals surface area contributed by atoms with Gasteiger partial charge in [-0.25, -0.2) is 4.79 Å². The first kappa shape index (κ1) is 14.2. The number of carboxylic acid groups (broad SMARTS) is 1. The predicted molar refractivity (Wildman–Crippen MR) is 71.6 cm³/mol. The van der Waals surface area contributed by atoms with Gasteiger partial charge in [0.2, 0.25) is 0 Å². The third-order valence-corrected chi connectivity index (χ3v) is 2.83. The fourth-order valence-corrected chi connectivity index (χ4v) is 1.75. The van der Waals surface area contributed by atoms with E-state index in [9.17, 15) is 24.8 Å². The topological polar surface area (TPSA) is 118 Å². The van der Waals surface area contributed by atoms with Crippen LogP contribution in [0.1, 0.15) is 26.3 Å². The molecule has 0 spiro atoms. The van der Waals surface area contributed by atoms with E-state index in [4.69, 9.17) is 5.11 Å². The van der Waals surface area contributed by atoms with Crippen molar-refractivity contribution in [2.75, 3.05) is 0 Å². The van der Waals surface area contributed by atoms with Crippen LogP contribution in [0.25, 0.3) is 0 Å². The minimum atomic E-state index is -1.36. The van der Waals surface area contributed by atoms with Gasteiger partial charge in [0.15, 0.2) is 5.78 Å². The maximum absolute atomic E-state index is 12.2. The van der Waals surface area contributed by atoms with Gasteiger partial charge in [0, 0.05) is 23.3 Å². The molecule has 0 aliphatic rings. The van der Waals surface area contributed by atoms with Crippen LogP contribution in [0.2, 0.25) is 0 Å². The molecule has 0 amide bonds. The second-order valence-electron chi connectivity index (χ2n) is 4.17. The maximum atomic E-state index is 12.2. The molecule has 7 heteroatoms. The van der Waals surface area contributed by atoms with Crippen molar-refractivity contribution in [1.82, 2.24) is 0 Å². The van der Waals surface area contributed by atoms with Gasteiger partial charge < -0.3 is 10.2 Å². The van der Waals surface area contributed by atoms with E-state index >= 15 is 0 Å². The lowest BCUT2D eigenvalue weighted by Crippen LogP contribution is -2.04. The van der Waals surface area contributed by atoms with Gasteiger partial charge in [0.25, 0.3) is 5.69 Å². The number of ketones is 1. The molecule has 106 valence electrons. The molecule has 0 saturated carbocycles. The summed E-state index contributed by atoms with van der Waals surface area (Å²) in [6, 6.07) is 8.40. The van der Waals surface area contributed by atoms with Gasteiger partial charge in [-0.2, -0.15) is 0 Å². The largest absolute Gasteiger partial charge is 0.507 e. The number of rotatable bonds is 4. The zero-order valence-electron chi connectivity index (χ0n) is 10.5. The number of carbonyl (C=O) groups is 2. The number of carbonyl (C=O) groups excluding carboxylic acids is 1. The van der Waals surface area contributed by atoms with Crippen molar-refractivity contribution < 1.29 is 24.7 Å². The molecule has 0 radical (unpaired) electrons. The van der Waals surface area contributed by atoms with Crippen LogP contribution in [0.5, 0.6) is 5.75 Å². The quantitative estimate of drug-likeness (QED) is 0.505. The SMILES string of the molecule is O=C(c1ccc([N+](=O)[O-])cc1)c1ccc(O)c(C(=O)O)c1.